The minimum atomic E-state index is -0.999. The summed E-state index contributed by atoms with van der Waals surface area (Å²) in [6, 6.07) is 1.50. The molecular weight excluding hydrogens is 290 g/mol. The predicted octanol–water partition coefficient (Wildman–Crippen LogP) is 3.91. The molecule has 0 aromatic carbocycles. The average molecular weight is 307 g/mol. The molecule has 2 aromatic rings. The van der Waals surface area contributed by atoms with E-state index < -0.39 is 5.97 Å². The highest BCUT2D eigenvalue weighted by molar-refractivity contribution is 7.10. The quantitative estimate of drug-likeness (QED) is 0.927. The fourth-order valence-corrected chi connectivity index (χ4v) is 3.85. The summed E-state index contributed by atoms with van der Waals surface area (Å²) in [7, 11) is 1.74. The topological polar surface area (TPSA) is 72.6 Å². The Morgan fingerprint density at radius 2 is 2.19 bits per heavy atom. The molecule has 5 nitrogen and oxygen atoms in total. The Labute approximate surface area is 126 Å². The zero-order chi connectivity index (χ0) is 14.9. The Bertz CT molecular complexity index is 640. The van der Waals surface area contributed by atoms with Gasteiger partial charge in [-0.15, -0.1) is 11.3 Å². The van der Waals surface area contributed by atoms with Gasteiger partial charge in [0.05, 0.1) is 5.56 Å². The van der Waals surface area contributed by atoms with Crippen LogP contribution in [0.2, 0.25) is 0 Å². The van der Waals surface area contributed by atoms with E-state index in [1.54, 1.807) is 18.4 Å². The predicted molar refractivity (Wildman–Crippen MR) is 78.5 cm³/mol. The number of hydrogen-bond acceptors (Lipinski definition) is 5. The van der Waals surface area contributed by atoms with Crippen molar-refractivity contribution < 1.29 is 19.1 Å². The maximum Gasteiger partial charge on any atom is 0.338 e. The Hall–Kier alpha value is -1.66. The van der Waals surface area contributed by atoms with E-state index in [4.69, 9.17) is 14.3 Å². The molecule has 6 heteroatoms. The standard InChI is InChI=1S/C15H17NO4S/c1-19-15(5-3-2-4-6-15)14-16-11(9-21-14)12-7-10(8-20-12)13(17)18/h7-9H,2-6H2,1H3,(H,17,18). The first-order valence-corrected chi connectivity index (χ1v) is 7.86. The van der Waals surface area contributed by atoms with Crippen molar-refractivity contribution in [3.05, 3.63) is 28.3 Å². The number of hydrogen-bond donors (Lipinski definition) is 1. The Morgan fingerprint density at radius 1 is 1.43 bits per heavy atom. The highest BCUT2D eigenvalue weighted by atomic mass is 32.1. The summed E-state index contributed by atoms with van der Waals surface area (Å²) in [5.41, 5.74) is 0.520. The smallest absolute Gasteiger partial charge is 0.338 e. The number of carbonyl (C=O) groups is 1. The number of aromatic nitrogens is 1. The van der Waals surface area contributed by atoms with Crippen LogP contribution in [0.3, 0.4) is 0 Å². The first-order chi connectivity index (χ1) is 10.1. The normalized spacial score (nSPS) is 17.8. The molecule has 112 valence electrons. The van der Waals surface area contributed by atoms with Gasteiger partial charge >= 0.3 is 5.97 Å². The van der Waals surface area contributed by atoms with Gasteiger partial charge in [-0.05, 0) is 12.8 Å². The fraction of sp³-hybridized carbons (Fsp3) is 0.467. The lowest BCUT2D eigenvalue weighted by Crippen LogP contribution is -2.30. The van der Waals surface area contributed by atoms with Gasteiger partial charge in [0, 0.05) is 18.6 Å². The van der Waals surface area contributed by atoms with E-state index in [0.29, 0.717) is 11.5 Å². The number of aromatic carboxylic acids is 1. The van der Waals surface area contributed by atoms with Crippen molar-refractivity contribution in [3.63, 3.8) is 0 Å². The van der Waals surface area contributed by atoms with Crippen LogP contribution >= 0.6 is 11.3 Å². The summed E-state index contributed by atoms with van der Waals surface area (Å²) in [4.78, 5) is 15.5. The second-order valence-electron chi connectivity index (χ2n) is 5.30. The second kappa shape index (κ2) is 5.61. The molecule has 0 saturated heterocycles. The fourth-order valence-electron chi connectivity index (χ4n) is 2.81. The molecule has 0 atom stereocenters. The van der Waals surface area contributed by atoms with Crippen LogP contribution in [0.15, 0.2) is 22.1 Å². The van der Waals surface area contributed by atoms with Gasteiger partial charge in [0.15, 0.2) is 5.76 Å². The number of carboxylic acids is 1. The highest BCUT2D eigenvalue weighted by Gasteiger charge is 2.36. The molecule has 1 N–H and O–H groups in total. The molecule has 3 rings (SSSR count). The number of thiazole rings is 1. The van der Waals surface area contributed by atoms with Crippen molar-refractivity contribution in [2.45, 2.75) is 37.7 Å². The molecule has 1 fully saturated rings. The first-order valence-electron chi connectivity index (χ1n) is 6.98. The molecule has 2 aromatic heterocycles. The van der Waals surface area contributed by atoms with Crippen LogP contribution < -0.4 is 0 Å². The van der Waals surface area contributed by atoms with E-state index in [1.165, 1.54) is 18.8 Å². The van der Waals surface area contributed by atoms with Crippen LogP contribution in [-0.2, 0) is 10.3 Å². The number of rotatable bonds is 4. The van der Waals surface area contributed by atoms with Crippen molar-refractivity contribution in [1.29, 1.82) is 0 Å². The Balaban J connectivity index is 1.89. The molecule has 21 heavy (non-hydrogen) atoms. The van der Waals surface area contributed by atoms with Crippen molar-refractivity contribution >= 4 is 17.3 Å². The van der Waals surface area contributed by atoms with Gasteiger partial charge in [-0.25, -0.2) is 9.78 Å². The SMILES string of the molecule is COC1(c2nc(-c3cc(C(=O)O)co3)cs2)CCCCC1. The van der Waals surface area contributed by atoms with Gasteiger partial charge in [0.1, 0.15) is 22.6 Å². The summed E-state index contributed by atoms with van der Waals surface area (Å²) in [5, 5.41) is 11.8. The maximum absolute atomic E-state index is 10.9. The molecule has 0 aliphatic heterocycles. The van der Waals surface area contributed by atoms with E-state index in [2.05, 4.69) is 4.98 Å². The maximum atomic E-state index is 10.9. The molecule has 1 saturated carbocycles. The Morgan fingerprint density at radius 3 is 2.81 bits per heavy atom. The minimum absolute atomic E-state index is 0.138. The molecule has 0 spiro atoms. The van der Waals surface area contributed by atoms with Crippen LogP contribution in [0.25, 0.3) is 11.5 Å². The van der Waals surface area contributed by atoms with E-state index >= 15 is 0 Å². The minimum Gasteiger partial charge on any atom is -0.478 e. The van der Waals surface area contributed by atoms with E-state index in [0.717, 1.165) is 30.7 Å². The lowest BCUT2D eigenvalue weighted by Gasteiger charge is -2.33. The van der Waals surface area contributed by atoms with Crippen molar-refractivity contribution in [2.24, 2.45) is 0 Å². The van der Waals surface area contributed by atoms with Crippen molar-refractivity contribution in [3.8, 4) is 11.5 Å². The van der Waals surface area contributed by atoms with Crippen LogP contribution in [-0.4, -0.2) is 23.2 Å². The van der Waals surface area contributed by atoms with Gasteiger partial charge in [-0.2, -0.15) is 0 Å². The van der Waals surface area contributed by atoms with Crippen molar-refractivity contribution in [1.82, 2.24) is 4.98 Å². The first kappa shape index (κ1) is 14.3. The molecular formula is C15H17NO4S. The molecule has 0 bridgehead atoms. The molecule has 1 aliphatic rings. The third-order valence-corrected chi connectivity index (χ3v) is 5.07. The molecule has 0 unspecified atom stereocenters. The molecule has 0 amide bonds. The van der Waals surface area contributed by atoms with Crippen LogP contribution in [0, 0.1) is 0 Å². The summed E-state index contributed by atoms with van der Waals surface area (Å²) < 4.78 is 11.1. The van der Waals surface area contributed by atoms with E-state index in [1.807, 2.05) is 5.38 Å². The number of carboxylic acid groups (broad SMARTS) is 1. The molecule has 1 aliphatic carbocycles. The largest absolute Gasteiger partial charge is 0.478 e. The molecule has 2 heterocycles. The van der Waals surface area contributed by atoms with Crippen LogP contribution in [0.1, 0.15) is 47.5 Å². The van der Waals surface area contributed by atoms with Gasteiger partial charge in [0.2, 0.25) is 0 Å². The zero-order valence-electron chi connectivity index (χ0n) is 11.8. The zero-order valence-corrected chi connectivity index (χ0v) is 12.6. The summed E-state index contributed by atoms with van der Waals surface area (Å²) in [6.07, 6.45) is 6.73. The second-order valence-corrected chi connectivity index (χ2v) is 6.16. The summed E-state index contributed by atoms with van der Waals surface area (Å²) >= 11 is 1.55. The van der Waals surface area contributed by atoms with Crippen molar-refractivity contribution in [2.75, 3.05) is 7.11 Å². The number of methoxy groups -OCH3 is 1. The number of nitrogens with zero attached hydrogens (tertiary/aromatic N) is 1. The van der Waals surface area contributed by atoms with E-state index in [9.17, 15) is 4.79 Å². The van der Waals surface area contributed by atoms with Crippen LogP contribution in [0.4, 0.5) is 0 Å². The number of furan rings is 1. The summed E-state index contributed by atoms with van der Waals surface area (Å²) in [6.45, 7) is 0. The molecule has 0 radical (unpaired) electrons. The van der Waals surface area contributed by atoms with Gasteiger partial charge in [0.25, 0.3) is 0 Å². The lowest BCUT2D eigenvalue weighted by molar-refractivity contribution is -0.0445. The average Bonchev–Trinajstić information content (AvgIpc) is 3.17. The third-order valence-electron chi connectivity index (χ3n) is 4.04. The monoisotopic (exact) mass is 307 g/mol. The lowest BCUT2D eigenvalue weighted by atomic mass is 9.85. The van der Waals surface area contributed by atoms with Gasteiger partial charge < -0.3 is 14.3 Å². The van der Waals surface area contributed by atoms with Gasteiger partial charge in [-0.1, -0.05) is 19.3 Å². The van der Waals surface area contributed by atoms with Crippen LogP contribution in [0.5, 0.6) is 0 Å². The number of ether oxygens (including phenoxy) is 1. The summed E-state index contributed by atoms with van der Waals surface area (Å²) in [5.74, 6) is -0.516. The highest BCUT2D eigenvalue weighted by Crippen LogP contribution is 2.42. The Kier molecular flexibility index (Phi) is 3.82. The van der Waals surface area contributed by atoms with E-state index in [-0.39, 0.29) is 11.2 Å². The third kappa shape index (κ3) is 2.61. The van der Waals surface area contributed by atoms with Gasteiger partial charge in [-0.3, -0.25) is 0 Å².